The van der Waals surface area contributed by atoms with E-state index >= 15 is 0 Å². The summed E-state index contributed by atoms with van der Waals surface area (Å²) in [7, 11) is 1.54. The van der Waals surface area contributed by atoms with Crippen LogP contribution in [-0.2, 0) is 14.3 Å². The summed E-state index contributed by atoms with van der Waals surface area (Å²) < 4.78 is 5.08. The van der Waals surface area contributed by atoms with Gasteiger partial charge in [0.15, 0.2) is 0 Å². The molecular weight excluding hydrogens is 374 g/mol. The van der Waals surface area contributed by atoms with E-state index in [0.29, 0.717) is 17.2 Å². The average Bonchev–Trinajstić information content (AvgIpc) is 3.15. The molecule has 1 aliphatic rings. The third-order valence-electron chi connectivity index (χ3n) is 4.34. The van der Waals surface area contributed by atoms with Gasteiger partial charge in [-0.05, 0) is 48.2 Å². The fourth-order valence-corrected chi connectivity index (χ4v) is 4.17. The van der Waals surface area contributed by atoms with Crippen molar-refractivity contribution >= 4 is 40.4 Å². The summed E-state index contributed by atoms with van der Waals surface area (Å²) >= 11 is 7.35. The Morgan fingerprint density at radius 1 is 1.27 bits per heavy atom. The maximum Gasteiger partial charge on any atom is 0.295 e. The first-order valence-corrected chi connectivity index (χ1v) is 9.28. The largest absolute Gasteiger partial charge is 0.507 e. The Labute approximate surface area is 160 Å². The van der Waals surface area contributed by atoms with Gasteiger partial charge in [0, 0.05) is 29.1 Å². The van der Waals surface area contributed by atoms with Crippen LogP contribution in [0.1, 0.15) is 22.0 Å². The molecule has 1 unspecified atom stereocenters. The number of carbonyl (C=O) groups excluding carboxylic acids is 2. The van der Waals surface area contributed by atoms with Crippen LogP contribution in [0, 0.1) is 6.92 Å². The van der Waals surface area contributed by atoms with Crippen LogP contribution in [0.3, 0.4) is 0 Å². The van der Waals surface area contributed by atoms with Crippen LogP contribution < -0.4 is 0 Å². The number of aliphatic hydroxyl groups excluding tert-OH is 1. The monoisotopic (exact) mass is 391 g/mol. The lowest BCUT2D eigenvalue weighted by atomic mass is 9.98. The van der Waals surface area contributed by atoms with E-state index in [0.717, 1.165) is 10.4 Å². The summed E-state index contributed by atoms with van der Waals surface area (Å²) in [4.78, 5) is 27.6. The summed E-state index contributed by atoms with van der Waals surface area (Å²) in [6, 6.07) is 7.81. The molecule has 1 aromatic heterocycles. The van der Waals surface area contributed by atoms with E-state index in [2.05, 4.69) is 0 Å². The number of benzene rings is 1. The molecule has 136 valence electrons. The van der Waals surface area contributed by atoms with Crippen molar-refractivity contribution in [2.45, 2.75) is 13.0 Å². The molecular formula is C19H18ClNO4S. The molecule has 2 aromatic rings. The van der Waals surface area contributed by atoms with Crippen LogP contribution in [0.2, 0.25) is 5.02 Å². The number of likely N-dealkylation sites (tertiary alicyclic amines) is 1. The Morgan fingerprint density at radius 3 is 2.54 bits per heavy atom. The van der Waals surface area contributed by atoms with Gasteiger partial charge in [0.2, 0.25) is 0 Å². The third kappa shape index (κ3) is 3.28. The zero-order chi connectivity index (χ0) is 18.8. The number of amides is 1. The van der Waals surface area contributed by atoms with Crippen molar-refractivity contribution in [3.05, 3.63) is 62.3 Å². The maximum absolute atomic E-state index is 12.7. The predicted octanol–water partition coefficient (Wildman–Crippen LogP) is 3.78. The standard InChI is InChI=1S/C19H18ClNO4S/c1-11-7-10-26-18(11)15-14(16(22)12-3-5-13(20)6-4-12)17(23)19(24)21(15)8-9-25-2/h3-7,10,15,22H,8-9H2,1-2H3/b16-14-. The lowest BCUT2D eigenvalue weighted by Gasteiger charge is -2.24. The normalized spacial score (nSPS) is 19.3. The molecule has 26 heavy (non-hydrogen) atoms. The highest BCUT2D eigenvalue weighted by Gasteiger charge is 2.46. The number of aryl methyl sites for hydroxylation is 1. The molecule has 7 heteroatoms. The van der Waals surface area contributed by atoms with Gasteiger partial charge in [-0.25, -0.2) is 0 Å². The summed E-state index contributed by atoms with van der Waals surface area (Å²) in [6.07, 6.45) is 0. The first-order chi connectivity index (χ1) is 12.5. The quantitative estimate of drug-likeness (QED) is 0.478. The van der Waals surface area contributed by atoms with Crippen molar-refractivity contribution in [3.63, 3.8) is 0 Å². The Hall–Kier alpha value is -2.15. The summed E-state index contributed by atoms with van der Waals surface area (Å²) in [5.74, 6) is -1.51. The summed E-state index contributed by atoms with van der Waals surface area (Å²) in [5, 5.41) is 13.2. The van der Waals surface area contributed by atoms with Gasteiger partial charge >= 0.3 is 0 Å². The lowest BCUT2D eigenvalue weighted by molar-refractivity contribution is -0.140. The first kappa shape index (κ1) is 18.6. The van der Waals surface area contributed by atoms with Crippen LogP contribution in [0.25, 0.3) is 5.76 Å². The molecule has 1 saturated heterocycles. The number of thiophene rings is 1. The van der Waals surface area contributed by atoms with Crippen molar-refractivity contribution in [1.29, 1.82) is 0 Å². The second-order valence-electron chi connectivity index (χ2n) is 5.96. The SMILES string of the molecule is COCCN1C(=O)C(=O)/C(=C(\O)c2ccc(Cl)cc2)C1c1sccc1C. The second kappa shape index (κ2) is 7.61. The van der Waals surface area contributed by atoms with Gasteiger partial charge < -0.3 is 14.7 Å². The van der Waals surface area contributed by atoms with Gasteiger partial charge in [-0.2, -0.15) is 0 Å². The van der Waals surface area contributed by atoms with E-state index in [-0.39, 0.29) is 17.9 Å². The molecule has 1 fully saturated rings. The molecule has 3 rings (SSSR count). The van der Waals surface area contributed by atoms with Gasteiger partial charge in [-0.3, -0.25) is 9.59 Å². The summed E-state index contributed by atoms with van der Waals surface area (Å²) in [5.41, 5.74) is 1.50. The Bertz CT molecular complexity index is 872. The van der Waals surface area contributed by atoms with Crippen molar-refractivity contribution < 1.29 is 19.4 Å². The molecule has 0 aliphatic carbocycles. The smallest absolute Gasteiger partial charge is 0.295 e. The van der Waals surface area contributed by atoms with Crippen molar-refractivity contribution in [2.24, 2.45) is 0 Å². The molecule has 2 heterocycles. The third-order valence-corrected chi connectivity index (χ3v) is 5.67. The van der Waals surface area contributed by atoms with E-state index in [1.54, 1.807) is 24.3 Å². The number of nitrogens with zero attached hydrogens (tertiary/aromatic N) is 1. The van der Waals surface area contributed by atoms with Gasteiger partial charge in [-0.1, -0.05) is 11.6 Å². The molecule has 1 aliphatic heterocycles. The topological polar surface area (TPSA) is 66.8 Å². The molecule has 1 atom stereocenters. The van der Waals surface area contributed by atoms with E-state index in [1.807, 2.05) is 18.4 Å². The maximum atomic E-state index is 12.7. The van der Waals surface area contributed by atoms with Crippen LogP contribution in [0.5, 0.6) is 0 Å². The Morgan fingerprint density at radius 2 is 1.96 bits per heavy atom. The first-order valence-electron chi connectivity index (χ1n) is 8.03. The van der Waals surface area contributed by atoms with Crippen LogP contribution in [-0.4, -0.2) is 42.0 Å². The number of aliphatic hydroxyl groups is 1. The van der Waals surface area contributed by atoms with E-state index in [9.17, 15) is 14.7 Å². The summed E-state index contributed by atoms with van der Waals surface area (Å²) in [6.45, 7) is 2.49. The number of ketones is 1. The molecule has 0 spiro atoms. The van der Waals surface area contributed by atoms with Gasteiger partial charge in [0.25, 0.3) is 11.7 Å². The predicted molar refractivity (Wildman–Crippen MR) is 101 cm³/mol. The fraction of sp³-hybridized carbons (Fsp3) is 0.263. The van der Waals surface area contributed by atoms with E-state index in [1.165, 1.54) is 23.3 Å². The highest BCUT2D eigenvalue weighted by molar-refractivity contribution is 7.10. The number of hydrogen-bond donors (Lipinski definition) is 1. The van der Waals surface area contributed by atoms with Crippen LogP contribution in [0.4, 0.5) is 0 Å². The minimum atomic E-state index is -0.689. The second-order valence-corrected chi connectivity index (χ2v) is 7.34. The fourth-order valence-electron chi connectivity index (χ4n) is 3.00. The molecule has 1 N–H and O–H groups in total. The number of hydrogen-bond acceptors (Lipinski definition) is 5. The van der Waals surface area contributed by atoms with Gasteiger partial charge in [0.05, 0.1) is 18.2 Å². The average molecular weight is 392 g/mol. The van der Waals surface area contributed by atoms with E-state index in [4.69, 9.17) is 16.3 Å². The van der Waals surface area contributed by atoms with Crippen LogP contribution >= 0.6 is 22.9 Å². The highest BCUT2D eigenvalue weighted by atomic mass is 35.5. The molecule has 1 aromatic carbocycles. The zero-order valence-electron chi connectivity index (χ0n) is 14.4. The number of carbonyl (C=O) groups is 2. The van der Waals surface area contributed by atoms with Crippen molar-refractivity contribution in [3.8, 4) is 0 Å². The molecule has 0 saturated carbocycles. The minimum Gasteiger partial charge on any atom is -0.507 e. The number of rotatable bonds is 5. The van der Waals surface area contributed by atoms with Gasteiger partial charge in [-0.15, -0.1) is 11.3 Å². The Balaban J connectivity index is 2.15. The molecule has 0 radical (unpaired) electrons. The van der Waals surface area contributed by atoms with Crippen molar-refractivity contribution in [1.82, 2.24) is 4.90 Å². The number of Topliss-reactive ketones (excluding diaryl/α,β-unsaturated/α-hetero) is 1. The number of methoxy groups -OCH3 is 1. The van der Waals surface area contributed by atoms with E-state index < -0.39 is 17.7 Å². The number of ether oxygens (including phenoxy) is 1. The lowest BCUT2D eigenvalue weighted by Crippen LogP contribution is -2.32. The highest BCUT2D eigenvalue weighted by Crippen LogP contribution is 2.42. The van der Waals surface area contributed by atoms with Crippen LogP contribution in [0.15, 0.2) is 41.3 Å². The zero-order valence-corrected chi connectivity index (χ0v) is 15.9. The molecule has 0 bridgehead atoms. The molecule has 5 nitrogen and oxygen atoms in total. The molecule has 1 amide bonds. The van der Waals surface area contributed by atoms with Gasteiger partial charge in [0.1, 0.15) is 5.76 Å². The van der Waals surface area contributed by atoms with Crippen molar-refractivity contribution in [2.75, 3.05) is 20.3 Å². The Kier molecular flexibility index (Phi) is 5.46. The number of halogens is 1. The minimum absolute atomic E-state index is 0.0963.